The lowest BCUT2D eigenvalue weighted by atomic mass is 9.96. The van der Waals surface area contributed by atoms with Crippen molar-refractivity contribution in [3.05, 3.63) is 59.5 Å². The summed E-state index contributed by atoms with van der Waals surface area (Å²) in [6, 6.07) is 12.6. The number of piperidine rings is 1. The van der Waals surface area contributed by atoms with E-state index in [1.807, 2.05) is 12.1 Å². The number of aryl methyl sites for hydroxylation is 1. The highest BCUT2D eigenvalue weighted by Crippen LogP contribution is 2.19. The van der Waals surface area contributed by atoms with Gasteiger partial charge in [0.05, 0.1) is 17.9 Å². The smallest absolute Gasteiger partial charge is 0.224 e. The molecule has 1 amide bonds. The Morgan fingerprint density at radius 1 is 1.31 bits per heavy atom. The van der Waals surface area contributed by atoms with Crippen LogP contribution in [0.2, 0.25) is 0 Å². The van der Waals surface area contributed by atoms with Crippen molar-refractivity contribution >= 4 is 17.7 Å². The monoisotopic (exact) mass is 372 g/mol. The normalized spacial score (nSPS) is 18.0. The molecule has 1 atom stereocenters. The zero-order chi connectivity index (χ0) is 18.2. The molecule has 1 saturated heterocycles. The molecule has 0 aliphatic carbocycles. The molecular weight excluding hydrogens is 344 g/mol. The first-order valence-corrected chi connectivity index (χ1v) is 10.5. The summed E-state index contributed by atoms with van der Waals surface area (Å²) in [6.45, 7) is 5.70. The average molecular weight is 373 g/mol. The summed E-state index contributed by atoms with van der Waals surface area (Å²) < 4.78 is 5.31. The predicted molar refractivity (Wildman–Crippen MR) is 107 cm³/mol. The number of likely N-dealkylation sites (tertiary alicyclic amines) is 1. The molecule has 1 N–H and O–H groups in total. The molecule has 140 valence electrons. The van der Waals surface area contributed by atoms with E-state index in [9.17, 15) is 4.79 Å². The third-order valence-electron chi connectivity index (χ3n) is 4.77. The van der Waals surface area contributed by atoms with Crippen molar-refractivity contribution in [2.45, 2.75) is 32.1 Å². The number of benzene rings is 1. The van der Waals surface area contributed by atoms with Gasteiger partial charge in [0.1, 0.15) is 5.76 Å². The number of amides is 1. The average Bonchev–Trinajstić information content (AvgIpc) is 3.17. The van der Waals surface area contributed by atoms with E-state index in [-0.39, 0.29) is 11.8 Å². The van der Waals surface area contributed by atoms with Gasteiger partial charge in [-0.3, -0.25) is 9.69 Å². The molecule has 0 spiro atoms. The minimum Gasteiger partial charge on any atom is -0.468 e. The molecule has 1 fully saturated rings. The van der Waals surface area contributed by atoms with E-state index in [1.165, 1.54) is 11.1 Å². The van der Waals surface area contributed by atoms with Gasteiger partial charge in [-0.25, -0.2) is 0 Å². The Balaban J connectivity index is 1.36. The van der Waals surface area contributed by atoms with Gasteiger partial charge in [0, 0.05) is 25.4 Å². The topological polar surface area (TPSA) is 45.5 Å². The molecule has 1 aromatic heterocycles. The molecule has 5 heteroatoms. The molecule has 1 aliphatic rings. The molecule has 0 saturated carbocycles. The molecule has 2 heterocycles. The summed E-state index contributed by atoms with van der Waals surface area (Å²) in [5.41, 5.74) is 2.61. The Hall–Kier alpha value is -1.72. The van der Waals surface area contributed by atoms with Crippen molar-refractivity contribution in [2.24, 2.45) is 5.92 Å². The van der Waals surface area contributed by atoms with Crippen LogP contribution in [0.25, 0.3) is 0 Å². The van der Waals surface area contributed by atoms with Gasteiger partial charge in [-0.05, 0) is 44.0 Å². The first-order chi connectivity index (χ1) is 12.7. The number of carbonyl (C=O) groups excluding carboxylic acids is 1. The van der Waals surface area contributed by atoms with Crippen LogP contribution in [0.3, 0.4) is 0 Å². The molecule has 1 aromatic carbocycles. The van der Waals surface area contributed by atoms with Crippen LogP contribution in [-0.2, 0) is 17.1 Å². The second kappa shape index (κ2) is 9.83. The molecule has 1 aliphatic heterocycles. The second-order valence-electron chi connectivity index (χ2n) is 6.98. The van der Waals surface area contributed by atoms with E-state index >= 15 is 0 Å². The number of carbonyl (C=O) groups is 1. The fraction of sp³-hybridized carbons (Fsp3) is 0.476. The Morgan fingerprint density at radius 3 is 2.92 bits per heavy atom. The number of nitrogens with zero attached hydrogens (tertiary/aromatic N) is 1. The van der Waals surface area contributed by atoms with Crippen LogP contribution in [0.1, 0.15) is 29.7 Å². The molecule has 4 nitrogen and oxygen atoms in total. The fourth-order valence-corrected chi connectivity index (χ4v) is 4.08. The van der Waals surface area contributed by atoms with Gasteiger partial charge in [0.2, 0.25) is 5.91 Å². The van der Waals surface area contributed by atoms with Gasteiger partial charge < -0.3 is 9.73 Å². The van der Waals surface area contributed by atoms with E-state index in [1.54, 1.807) is 18.0 Å². The summed E-state index contributed by atoms with van der Waals surface area (Å²) >= 11 is 1.78. The lowest BCUT2D eigenvalue weighted by Crippen LogP contribution is -2.43. The lowest BCUT2D eigenvalue weighted by molar-refractivity contribution is -0.126. The summed E-state index contributed by atoms with van der Waals surface area (Å²) in [6.07, 6.45) is 3.79. The number of thioether (sulfide) groups is 1. The summed E-state index contributed by atoms with van der Waals surface area (Å²) in [4.78, 5) is 14.9. The molecular formula is C21H28N2O2S. The molecule has 0 radical (unpaired) electrons. The van der Waals surface area contributed by atoms with Gasteiger partial charge >= 0.3 is 0 Å². The minimum atomic E-state index is 0.115. The van der Waals surface area contributed by atoms with E-state index < -0.39 is 0 Å². The van der Waals surface area contributed by atoms with Gasteiger partial charge in [0.25, 0.3) is 0 Å². The Kier molecular flexibility index (Phi) is 7.21. The van der Waals surface area contributed by atoms with Crippen LogP contribution in [-0.4, -0.2) is 36.2 Å². The van der Waals surface area contributed by atoms with Gasteiger partial charge in [-0.2, -0.15) is 11.8 Å². The Morgan fingerprint density at radius 2 is 2.15 bits per heavy atom. The van der Waals surface area contributed by atoms with Crippen molar-refractivity contribution in [1.82, 2.24) is 10.2 Å². The third-order valence-corrected chi connectivity index (χ3v) is 5.75. The quantitative estimate of drug-likeness (QED) is 0.715. The first-order valence-electron chi connectivity index (χ1n) is 9.36. The van der Waals surface area contributed by atoms with Gasteiger partial charge in [-0.1, -0.05) is 29.8 Å². The van der Waals surface area contributed by atoms with Crippen LogP contribution in [0.5, 0.6) is 0 Å². The van der Waals surface area contributed by atoms with Crippen LogP contribution in [0, 0.1) is 12.8 Å². The van der Waals surface area contributed by atoms with Crippen molar-refractivity contribution in [2.75, 3.05) is 25.4 Å². The highest BCUT2D eigenvalue weighted by atomic mass is 32.2. The summed E-state index contributed by atoms with van der Waals surface area (Å²) in [5.74, 6) is 3.07. The summed E-state index contributed by atoms with van der Waals surface area (Å²) in [5, 5.41) is 3.11. The number of rotatable bonds is 8. The van der Waals surface area contributed by atoms with Crippen LogP contribution < -0.4 is 5.32 Å². The van der Waals surface area contributed by atoms with Crippen molar-refractivity contribution in [1.29, 1.82) is 0 Å². The van der Waals surface area contributed by atoms with E-state index in [2.05, 4.69) is 41.4 Å². The van der Waals surface area contributed by atoms with Crippen LogP contribution >= 0.6 is 11.8 Å². The van der Waals surface area contributed by atoms with Crippen LogP contribution in [0.15, 0.2) is 47.1 Å². The largest absolute Gasteiger partial charge is 0.468 e. The maximum absolute atomic E-state index is 12.5. The maximum Gasteiger partial charge on any atom is 0.224 e. The molecule has 2 aromatic rings. The zero-order valence-electron chi connectivity index (χ0n) is 15.4. The Labute approximate surface area is 160 Å². The molecule has 26 heavy (non-hydrogen) atoms. The fourth-order valence-electron chi connectivity index (χ4n) is 3.32. The van der Waals surface area contributed by atoms with Crippen LogP contribution in [0.4, 0.5) is 0 Å². The van der Waals surface area contributed by atoms with Crippen molar-refractivity contribution in [3.63, 3.8) is 0 Å². The van der Waals surface area contributed by atoms with E-state index in [0.29, 0.717) is 0 Å². The first kappa shape index (κ1) is 19.1. The highest BCUT2D eigenvalue weighted by Gasteiger charge is 2.25. The SMILES string of the molecule is Cc1ccc(CN2CCCC(C(=O)NCCSCc3ccco3)C2)cc1. The van der Waals surface area contributed by atoms with Gasteiger partial charge in [-0.15, -0.1) is 0 Å². The number of furan rings is 1. The third kappa shape index (κ3) is 5.92. The zero-order valence-corrected chi connectivity index (χ0v) is 16.3. The molecule has 3 rings (SSSR count). The molecule has 1 unspecified atom stereocenters. The number of nitrogens with one attached hydrogen (secondary N) is 1. The Bertz CT molecular complexity index is 670. The second-order valence-corrected chi connectivity index (χ2v) is 8.09. The highest BCUT2D eigenvalue weighted by molar-refractivity contribution is 7.98. The van der Waals surface area contributed by atoms with E-state index in [0.717, 1.165) is 56.3 Å². The summed E-state index contributed by atoms with van der Waals surface area (Å²) in [7, 11) is 0. The minimum absolute atomic E-state index is 0.115. The number of hydrogen-bond acceptors (Lipinski definition) is 4. The molecule has 0 bridgehead atoms. The van der Waals surface area contributed by atoms with Gasteiger partial charge in [0.15, 0.2) is 0 Å². The maximum atomic E-state index is 12.5. The van der Waals surface area contributed by atoms with E-state index in [4.69, 9.17) is 4.42 Å². The van der Waals surface area contributed by atoms with Crippen molar-refractivity contribution in [3.8, 4) is 0 Å². The number of hydrogen-bond donors (Lipinski definition) is 1. The van der Waals surface area contributed by atoms with Crippen molar-refractivity contribution < 1.29 is 9.21 Å². The lowest BCUT2D eigenvalue weighted by Gasteiger charge is -2.32. The predicted octanol–water partition coefficient (Wildman–Crippen LogP) is 3.85. The standard InChI is InChI=1S/C21H28N2O2S/c1-17-6-8-18(9-7-17)14-23-11-2-4-19(15-23)21(24)22-10-13-26-16-20-5-3-12-25-20/h3,5-9,12,19H,2,4,10-11,13-16H2,1H3,(H,22,24).